The summed E-state index contributed by atoms with van der Waals surface area (Å²) in [7, 11) is -3.32. The lowest BCUT2D eigenvalue weighted by Gasteiger charge is -2.15. The molecule has 0 amide bonds. The Kier molecular flexibility index (Phi) is 5.99. The third kappa shape index (κ3) is 3.72. The maximum Gasteiger partial charge on any atom is 0.182 e. The standard InChI is InChI=1S/C15H26N2O2S/c1-5-7-8-9-10-13-11(3)14(20(18,19)6-2)15(16)17-12(13)4/h5-10H2,1-4H3,(H2,16,17). The van der Waals surface area contributed by atoms with Crippen LogP contribution in [0.1, 0.15) is 56.4 Å². The molecule has 4 nitrogen and oxygen atoms in total. The molecule has 0 radical (unpaired) electrons. The van der Waals surface area contributed by atoms with Crippen LogP contribution in [0.25, 0.3) is 0 Å². The van der Waals surface area contributed by atoms with Gasteiger partial charge in [-0.3, -0.25) is 0 Å². The maximum absolute atomic E-state index is 12.2. The molecule has 1 heterocycles. The summed E-state index contributed by atoms with van der Waals surface area (Å²) in [5.41, 5.74) is 8.52. The van der Waals surface area contributed by atoms with Crippen LogP contribution in [0.5, 0.6) is 0 Å². The van der Waals surface area contributed by atoms with Gasteiger partial charge >= 0.3 is 0 Å². The highest BCUT2D eigenvalue weighted by molar-refractivity contribution is 7.91. The van der Waals surface area contributed by atoms with E-state index in [0.29, 0.717) is 0 Å². The zero-order chi connectivity index (χ0) is 15.3. The fraction of sp³-hybridized carbons (Fsp3) is 0.667. The molecular formula is C15H26N2O2S. The smallest absolute Gasteiger partial charge is 0.182 e. The number of sulfone groups is 1. The van der Waals surface area contributed by atoms with E-state index in [-0.39, 0.29) is 16.5 Å². The average Bonchev–Trinajstić information content (AvgIpc) is 2.37. The topological polar surface area (TPSA) is 73.0 Å². The van der Waals surface area contributed by atoms with Crippen LogP contribution in [0, 0.1) is 13.8 Å². The molecule has 2 N–H and O–H groups in total. The predicted molar refractivity (Wildman–Crippen MR) is 83.7 cm³/mol. The van der Waals surface area contributed by atoms with Gasteiger partial charge in [-0.1, -0.05) is 33.1 Å². The highest BCUT2D eigenvalue weighted by Gasteiger charge is 2.22. The van der Waals surface area contributed by atoms with Crippen LogP contribution >= 0.6 is 0 Å². The molecule has 0 atom stereocenters. The van der Waals surface area contributed by atoms with Gasteiger partial charge in [0.15, 0.2) is 9.84 Å². The first kappa shape index (κ1) is 17.0. The van der Waals surface area contributed by atoms with Crippen molar-refractivity contribution in [3.8, 4) is 0 Å². The Morgan fingerprint density at radius 3 is 2.30 bits per heavy atom. The minimum Gasteiger partial charge on any atom is -0.383 e. The van der Waals surface area contributed by atoms with E-state index in [9.17, 15) is 8.42 Å². The number of nitrogens with two attached hydrogens (primary N) is 1. The number of rotatable bonds is 7. The molecule has 0 bridgehead atoms. The van der Waals surface area contributed by atoms with E-state index in [1.165, 1.54) is 12.8 Å². The fourth-order valence-corrected chi connectivity index (χ4v) is 3.78. The van der Waals surface area contributed by atoms with E-state index in [0.717, 1.165) is 36.1 Å². The minimum atomic E-state index is -3.32. The number of aromatic nitrogens is 1. The molecule has 0 aliphatic heterocycles. The summed E-state index contributed by atoms with van der Waals surface area (Å²) in [6.07, 6.45) is 5.49. The molecule has 114 valence electrons. The Morgan fingerprint density at radius 1 is 1.10 bits per heavy atom. The Hall–Kier alpha value is -1.10. The van der Waals surface area contributed by atoms with Gasteiger partial charge in [-0.15, -0.1) is 0 Å². The summed E-state index contributed by atoms with van der Waals surface area (Å²) >= 11 is 0. The normalized spacial score (nSPS) is 11.8. The molecule has 1 aromatic rings. The summed E-state index contributed by atoms with van der Waals surface area (Å²) < 4.78 is 24.3. The quantitative estimate of drug-likeness (QED) is 0.785. The van der Waals surface area contributed by atoms with Gasteiger partial charge in [0.05, 0.1) is 5.75 Å². The molecule has 0 spiro atoms. The summed E-state index contributed by atoms with van der Waals surface area (Å²) in [4.78, 5) is 4.48. The van der Waals surface area contributed by atoms with Crippen molar-refractivity contribution in [2.75, 3.05) is 11.5 Å². The van der Waals surface area contributed by atoms with Crippen molar-refractivity contribution in [3.63, 3.8) is 0 Å². The third-order valence-corrected chi connectivity index (χ3v) is 5.62. The monoisotopic (exact) mass is 298 g/mol. The number of pyridine rings is 1. The molecule has 0 fully saturated rings. The third-order valence-electron chi connectivity index (χ3n) is 3.72. The van der Waals surface area contributed by atoms with Crippen molar-refractivity contribution >= 4 is 15.7 Å². The fourth-order valence-electron chi connectivity index (χ4n) is 2.53. The van der Waals surface area contributed by atoms with Crippen molar-refractivity contribution in [2.45, 2.75) is 64.7 Å². The van der Waals surface area contributed by atoms with E-state index in [2.05, 4.69) is 11.9 Å². The van der Waals surface area contributed by atoms with Crippen LogP contribution in [0.4, 0.5) is 5.82 Å². The van der Waals surface area contributed by atoms with E-state index < -0.39 is 9.84 Å². The Morgan fingerprint density at radius 2 is 1.75 bits per heavy atom. The van der Waals surface area contributed by atoms with Crippen molar-refractivity contribution in [3.05, 3.63) is 16.8 Å². The van der Waals surface area contributed by atoms with Gasteiger partial charge < -0.3 is 5.73 Å². The van der Waals surface area contributed by atoms with Crippen LogP contribution in [-0.4, -0.2) is 19.2 Å². The Labute approximate surface area is 122 Å². The zero-order valence-corrected chi connectivity index (χ0v) is 13.8. The summed E-state index contributed by atoms with van der Waals surface area (Å²) in [6, 6.07) is 0. The van der Waals surface area contributed by atoms with Crippen LogP contribution in [0.3, 0.4) is 0 Å². The lowest BCUT2D eigenvalue weighted by molar-refractivity contribution is 0.596. The Bertz CT molecular complexity index is 566. The molecule has 1 rings (SSSR count). The summed E-state index contributed by atoms with van der Waals surface area (Å²) in [5.74, 6) is 0.192. The molecule has 0 aliphatic rings. The van der Waals surface area contributed by atoms with Gasteiger partial charge in [0, 0.05) is 5.69 Å². The molecule has 5 heteroatoms. The molecule has 20 heavy (non-hydrogen) atoms. The number of hydrogen-bond acceptors (Lipinski definition) is 4. The lowest BCUT2D eigenvalue weighted by Crippen LogP contribution is -2.14. The lowest BCUT2D eigenvalue weighted by atomic mass is 10.0. The number of aryl methyl sites for hydroxylation is 1. The molecule has 0 unspecified atom stereocenters. The number of unbranched alkanes of at least 4 members (excludes halogenated alkanes) is 3. The van der Waals surface area contributed by atoms with Crippen molar-refractivity contribution in [1.82, 2.24) is 4.98 Å². The Balaban J connectivity index is 3.17. The first-order valence-corrected chi connectivity index (χ1v) is 8.98. The second-order valence-electron chi connectivity index (χ2n) is 5.23. The van der Waals surface area contributed by atoms with Gasteiger partial charge in [0.1, 0.15) is 10.7 Å². The maximum atomic E-state index is 12.2. The number of nitrogen functional groups attached to an aromatic ring is 1. The van der Waals surface area contributed by atoms with E-state index in [1.54, 1.807) is 6.92 Å². The number of hydrogen-bond donors (Lipinski definition) is 1. The van der Waals surface area contributed by atoms with Crippen LogP contribution in [0.2, 0.25) is 0 Å². The molecular weight excluding hydrogens is 272 g/mol. The summed E-state index contributed by atoms with van der Waals surface area (Å²) in [5, 5.41) is 0. The second-order valence-corrected chi connectivity index (χ2v) is 7.44. The minimum absolute atomic E-state index is 0.0536. The first-order valence-electron chi connectivity index (χ1n) is 7.33. The van der Waals surface area contributed by atoms with Crippen molar-refractivity contribution in [2.24, 2.45) is 0 Å². The highest BCUT2D eigenvalue weighted by Crippen LogP contribution is 2.28. The van der Waals surface area contributed by atoms with E-state index in [4.69, 9.17) is 5.73 Å². The number of anilines is 1. The SMILES string of the molecule is CCCCCCc1c(C)nc(N)c(S(=O)(=O)CC)c1C. The zero-order valence-electron chi connectivity index (χ0n) is 13.0. The molecule has 0 saturated heterocycles. The summed E-state index contributed by atoms with van der Waals surface area (Å²) in [6.45, 7) is 7.56. The van der Waals surface area contributed by atoms with Gasteiger partial charge in [0.25, 0.3) is 0 Å². The second kappa shape index (κ2) is 7.07. The van der Waals surface area contributed by atoms with Crippen LogP contribution in [-0.2, 0) is 16.3 Å². The molecule has 1 aromatic heterocycles. The first-order chi connectivity index (χ1) is 9.35. The molecule has 0 aliphatic carbocycles. The molecule has 0 saturated carbocycles. The largest absolute Gasteiger partial charge is 0.383 e. The van der Waals surface area contributed by atoms with E-state index in [1.807, 2.05) is 13.8 Å². The van der Waals surface area contributed by atoms with E-state index >= 15 is 0 Å². The predicted octanol–water partition coefficient (Wildman–Crippen LogP) is 3.20. The number of nitrogens with zero attached hydrogens (tertiary/aromatic N) is 1. The van der Waals surface area contributed by atoms with Crippen molar-refractivity contribution in [1.29, 1.82) is 0 Å². The van der Waals surface area contributed by atoms with Gasteiger partial charge in [-0.05, 0) is 37.8 Å². The van der Waals surface area contributed by atoms with Crippen LogP contribution < -0.4 is 5.73 Å². The molecule has 0 aromatic carbocycles. The van der Waals surface area contributed by atoms with Crippen molar-refractivity contribution < 1.29 is 8.42 Å². The average molecular weight is 298 g/mol. The van der Waals surface area contributed by atoms with Gasteiger partial charge in [0.2, 0.25) is 0 Å². The van der Waals surface area contributed by atoms with Crippen LogP contribution in [0.15, 0.2) is 4.90 Å². The van der Waals surface area contributed by atoms with Gasteiger partial charge in [-0.2, -0.15) is 0 Å². The highest BCUT2D eigenvalue weighted by atomic mass is 32.2. The van der Waals surface area contributed by atoms with Gasteiger partial charge in [-0.25, -0.2) is 13.4 Å².